The van der Waals surface area contributed by atoms with Crippen molar-refractivity contribution >= 4 is 42.1 Å². The zero-order valence-corrected chi connectivity index (χ0v) is 18.1. The van der Waals surface area contributed by atoms with Crippen molar-refractivity contribution in [1.82, 2.24) is 20.5 Å². The van der Waals surface area contributed by atoms with Crippen LogP contribution in [0.4, 0.5) is 13.2 Å². The highest BCUT2D eigenvalue weighted by atomic mass is 35.5. The van der Waals surface area contributed by atoms with Gasteiger partial charge in [-0.05, 0) is 19.8 Å². The second-order valence-corrected chi connectivity index (χ2v) is 8.03. The maximum absolute atomic E-state index is 13.4. The Bertz CT molecular complexity index is 632. The molecule has 0 bridgehead atoms. The number of amides is 1. The van der Waals surface area contributed by atoms with E-state index in [2.05, 4.69) is 15.6 Å². The maximum Gasteiger partial charge on any atom is 0.405 e. The number of carbonyl (C=O) groups excluding carboxylic acids is 1. The molecule has 0 spiro atoms. The Labute approximate surface area is 179 Å². The van der Waals surface area contributed by atoms with Crippen LogP contribution in [0.15, 0.2) is 0 Å². The molecule has 3 rings (SSSR count). The Morgan fingerprint density at radius 2 is 1.89 bits per heavy atom. The number of rotatable bonds is 5. The van der Waals surface area contributed by atoms with E-state index in [4.69, 9.17) is 0 Å². The molecule has 5 nitrogen and oxygen atoms in total. The molecular formula is C17H27Cl2F3N4OS. The van der Waals surface area contributed by atoms with Gasteiger partial charge in [-0.3, -0.25) is 9.69 Å². The van der Waals surface area contributed by atoms with Gasteiger partial charge in [-0.25, -0.2) is 4.98 Å². The van der Waals surface area contributed by atoms with Crippen molar-refractivity contribution in [3.63, 3.8) is 0 Å². The Balaban J connectivity index is 0.00000196. The van der Waals surface area contributed by atoms with Crippen LogP contribution in [0.5, 0.6) is 0 Å². The standard InChI is InChI=1S/C17H25F3N4OS.2ClH/c1-11-14(26-16(23-11)12-4-2-3-5-12)15(25)22-10-13(17(18,19)20)24-8-6-21-7-9-24;;/h12-13,21H,2-10H2,1H3,(H,22,25);2*1H. The van der Waals surface area contributed by atoms with Gasteiger partial charge >= 0.3 is 6.18 Å². The number of aryl methyl sites for hydroxylation is 1. The lowest BCUT2D eigenvalue weighted by molar-refractivity contribution is -0.183. The van der Waals surface area contributed by atoms with Crippen LogP contribution in [0, 0.1) is 6.92 Å². The average molecular weight is 463 g/mol. The predicted octanol–water partition coefficient (Wildman–Crippen LogP) is 3.52. The van der Waals surface area contributed by atoms with E-state index in [1.165, 1.54) is 29.1 Å². The lowest BCUT2D eigenvalue weighted by Gasteiger charge is -2.35. The van der Waals surface area contributed by atoms with Crippen LogP contribution in [-0.2, 0) is 0 Å². The Morgan fingerprint density at radius 1 is 1.29 bits per heavy atom. The first-order valence-electron chi connectivity index (χ1n) is 9.13. The molecule has 1 saturated carbocycles. The molecule has 1 saturated heterocycles. The minimum absolute atomic E-state index is 0. The monoisotopic (exact) mass is 462 g/mol. The molecule has 162 valence electrons. The van der Waals surface area contributed by atoms with Gasteiger partial charge in [-0.1, -0.05) is 12.8 Å². The highest BCUT2D eigenvalue weighted by molar-refractivity contribution is 7.13. The zero-order valence-electron chi connectivity index (χ0n) is 15.7. The molecule has 2 aliphatic rings. The smallest absolute Gasteiger partial charge is 0.349 e. The lowest BCUT2D eigenvalue weighted by Crippen LogP contribution is -2.57. The van der Waals surface area contributed by atoms with E-state index in [-0.39, 0.29) is 24.8 Å². The predicted molar refractivity (Wildman–Crippen MR) is 109 cm³/mol. The minimum Gasteiger partial charge on any atom is -0.349 e. The molecule has 1 atom stereocenters. The quantitative estimate of drug-likeness (QED) is 0.702. The fourth-order valence-electron chi connectivity index (χ4n) is 3.69. The summed E-state index contributed by atoms with van der Waals surface area (Å²) in [5.74, 6) is -0.0577. The number of hydrogen-bond donors (Lipinski definition) is 2. The fraction of sp³-hybridized carbons (Fsp3) is 0.765. The Hall–Kier alpha value is -0.610. The number of aromatic nitrogens is 1. The molecule has 1 amide bonds. The first-order valence-corrected chi connectivity index (χ1v) is 9.95. The lowest BCUT2D eigenvalue weighted by atomic mass is 10.1. The molecule has 2 fully saturated rings. The van der Waals surface area contributed by atoms with Gasteiger partial charge in [0.25, 0.3) is 5.91 Å². The van der Waals surface area contributed by atoms with Crippen LogP contribution >= 0.6 is 36.2 Å². The van der Waals surface area contributed by atoms with E-state index in [0.29, 0.717) is 42.7 Å². The van der Waals surface area contributed by atoms with Crippen LogP contribution in [0.3, 0.4) is 0 Å². The summed E-state index contributed by atoms with van der Waals surface area (Å²) in [7, 11) is 0. The molecule has 2 N–H and O–H groups in total. The Morgan fingerprint density at radius 3 is 2.46 bits per heavy atom. The van der Waals surface area contributed by atoms with E-state index in [1.807, 2.05) is 0 Å². The molecule has 1 aromatic rings. The second kappa shape index (κ2) is 11.0. The van der Waals surface area contributed by atoms with Gasteiger partial charge in [0.1, 0.15) is 10.9 Å². The number of halogens is 5. The second-order valence-electron chi connectivity index (χ2n) is 7.00. The van der Waals surface area contributed by atoms with Gasteiger partial charge in [-0.15, -0.1) is 36.2 Å². The highest BCUT2D eigenvalue weighted by Gasteiger charge is 2.44. The molecule has 1 aromatic heterocycles. The molecule has 0 aromatic carbocycles. The van der Waals surface area contributed by atoms with E-state index >= 15 is 0 Å². The zero-order chi connectivity index (χ0) is 18.7. The summed E-state index contributed by atoms with van der Waals surface area (Å²) in [5.41, 5.74) is 0.611. The average Bonchev–Trinajstić information content (AvgIpc) is 3.24. The molecule has 2 heterocycles. The third-order valence-electron chi connectivity index (χ3n) is 5.15. The molecule has 1 aliphatic carbocycles. The van der Waals surface area contributed by atoms with Crippen LogP contribution < -0.4 is 10.6 Å². The Kier molecular flexibility index (Phi) is 9.96. The van der Waals surface area contributed by atoms with Crippen molar-refractivity contribution in [2.75, 3.05) is 32.7 Å². The molecule has 11 heteroatoms. The van der Waals surface area contributed by atoms with Gasteiger partial charge < -0.3 is 10.6 Å². The molecule has 1 aliphatic heterocycles. The molecule has 1 unspecified atom stereocenters. The first kappa shape index (κ1) is 25.4. The third-order valence-corrected chi connectivity index (χ3v) is 6.47. The summed E-state index contributed by atoms with van der Waals surface area (Å²) in [4.78, 5) is 18.8. The fourth-order valence-corrected chi connectivity index (χ4v) is 4.84. The first-order chi connectivity index (χ1) is 12.4. The van der Waals surface area contributed by atoms with Gasteiger partial charge in [0, 0.05) is 38.6 Å². The number of nitrogens with zero attached hydrogens (tertiary/aromatic N) is 2. The van der Waals surface area contributed by atoms with E-state index in [1.54, 1.807) is 6.92 Å². The number of thiazole rings is 1. The van der Waals surface area contributed by atoms with Crippen molar-refractivity contribution in [3.8, 4) is 0 Å². The number of hydrogen-bond acceptors (Lipinski definition) is 5. The topological polar surface area (TPSA) is 57.3 Å². The van der Waals surface area contributed by atoms with Crippen molar-refractivity contribution in [2.45, 2.75) is 50.7 Å². The normalized spacial score (nSPS) is 19.6. The number of piperazine rings is 1. The van der Waals surface area contributed by atoms with Crippen molar-refractivity contribution in [3.05, 3.63) is 15.6 Å². The van der Waals surface area contributed by atoms with E-state index in [9.17, 15) is 18.0 Å². The summed E-state index contributed by atoms with van der Waals surface area (Å²) in [6.07, 6.45) is 0.119. The van der Waals surface area contributed by atoms with Crippen LogP contribution in [0.1, 0.15) is 52.0 Å². The number of nitrogens with one attached hydrogen (secondary N) is 2. The number of carbonyl (C=O) groups is 1. The van der Waals surface area contributed by atoms with E-state index in [0.717, 1.165) is 17.8 Å². The summed E-state index contributed by atoms with van der Waals surface area (Å²) in [5, 5.41) is 6.49. The van der Waals surface area contributed by atoms with Gasteiger partial charge in [0.15, 0.2) is 0 Å². The summed E-state index contributed by atoms with van der Waals surface area (Å²) < 4.78 is 40.3. The van der Waals surface area contributed by atoms with Gasteiger partial charge in [0.05, 0.1) is 10.7 Å². The van der Waals surface area contributed by atoms with Crippen LogP contribution in [0.2, 0.25) is 0 Å². The third kappa shape index (κ3) is 6.19. The van der Waals surface area contributed by atoms with Crippen LogP contribution in [-0.4, -0.2) is 60.7 Å². The van der Waals surface area contributed by atoms with Crippen molar-refractivity contribution in [1.29, 1.82) is 0 Å². The van der Waals surface area contributed by atoms with Crippen molar-refractivity contribution < 1.29 is 18.0 Å². The molecule has 28 heavy (non-hydrogen) atoms. The van der Waals surface area contributed by atoms with Crippen molar-refractivity contribution in [2.24, 2.45) is 0 Å². The molecular weight excluding hydrogens is 436 g/mol. The summed E-state index contributed by atoms with van der Waals surface area (Å²) >= 11 is 1.33. The highest BCUT2D eigenvalue weighted by Crippen LogP contribution is 2.37. The SMILES string of the molecule is Cc1nc(C2CCCC2)sc1C(=O)NCC(N1CCNCC1)C(F)(F)F.Cl.Cl. The van der Waals surface area contributed by atoms with Gasteiger partial charge in [0.2, 0.25) is 0 Å². The molecule has 0 radical (unpaired) electrons. The van der Waals surface area contributed by atoms with E-state index < -0.39 is 24.7 Å². The minimum atomic E-state index is -4.37. The van der Waals surface area contributed by atoms with Gasteiger partial charge in [-0.2, -0.15) is 13.2 Å². The summed E-state index contributed by atoms with van der Waals surface area (Å²) in [6, 6.07) is -1.66. The maximum atomic E-state index is 13.4. The summed E-state index contributed by atoms with van der Waals surface area (Å²) in [6.45, 7) is 3.02. The van der Waals surface area contributed by atoms with Crippen LogP contribution in [0.25, 0.3) is 0 Å². The number of alkyl halides is 3. The largest absolute Gasteiger partial charge is 0.405 e.